The maximum atomic E-state index is 4.64. The van der Waals surface area contributed by atoms with Crippen molar-refractivity contribution in [2.45, 2.75) is 33.2 Å². The molecule has 0 aliphatic heterocycles. The standard InChI is InChI=1S/C24H26N6/c1-3-4-16-30(24-18(2)8-7-15-25-24)17-19-11-13-20(14-12-19)21-9-5-6-10-22(21)23-26-28-29-27-23/h5-15H,3-4,16-17H2,1-2H3,(H,26,27,28,29). The van der Waals surface area contributed by atoms with Gasteiger partial charge >= 0.3 is 0 Å². The Morgan fingerprint density at radius 2 is 1.73 bits per heavy atom. The minimum Gasteiger partial charge on any atom is -0.352 e. The van der Waals surface area contributed by atoms with Crippen molar-refractivity contribution in [3.63, 3.8) is 0 Å². The topological polar surface area (TPSA) is 70.6 Å². The fourth-order valence-electron chi connectivity index (χ4n) is 3.63. The molecule has 0 aliphatic carbocycles. The first-order valence-corrected chi connectivity index (χ1v) is 10.3. The second-order valence-electron chi connectivity index (χ2n) is 7.40. The van der Waals surface area contributed by atoms with E-state index in [1.54, 1.807) is 0 Å². The average Bonchev–Trinajstić information content (AvgIpc) is 3.32. The third kappa shape index (κ3) is 4.38. The van der Waals surface area contributed by atoms with Crippen molar-refractivity contribution in [3.8, 4) is 22.5 Å². The smallest absolute Gasteiger partial charge is 0.205 e. The lowest BCUT2D eigenvalue weighted by Gasteiger charge is -2.25. The maximum absolute atomic E-state index is 4.64. The second-order valence-corrected chi connectivity index (χ2v) is 7.40. The molecular weight excluding hydrogens is 372 g/mol. The summed E-state index contributed by atoms with van der Waals surface area (Å²) in [6, 6.07) is 21.0. The van der Waals surface area contributed by atoms with Crippen molar-refractivity contribution in [2.75, 3.05) is 11.4 Å². The van der Waals surface area contributed by atoms with E-state index in [0.717, 1.165) is 48.4 Å². The Labute approximate surface area is 177 Å². The van der Waals surface area contributed by atoms with Gasteiger partial charge in [0.1, 0.15) is 5.82 Å². The third-order valence-corrected chi connectivity index (χ3v) is 5.21. The number of rotatable bonds is 8. The summed E-state index contributed by atoms with van der Waals surface area (Å²) in [7, 11) is 0. The molecule has 0 aliphatic rings. The minimum absolute atomic E-state index is 0.603. The van der Waals surface area contributed by atoms with Gasteiger partial charge in [-0.05, 0) is 46.9 Å². The van der Waals surface area contributed by atoms with Crippen LogP contribution in [0.5, 0.6) is 0 Å². The molecule has 30 heavy (non-hydrogen) atoms. The van der Waals surface area contributed by atoms with E-state index in [2.05, 4.69) is 80.8 Å². The normalized spacial score (nSPS) is 10.9. The maximum Gasteiger partial charge on any atom is 0.205 e. The van der Waals surface area contributed by atoms with Crippen molar-refractivity contribution >= 4 is 5.82 Å². The number of aryl methyl sites for hydroxylation is 1. The summed E-state index contributed by atoms with van der Waals surface area (Å²) in [6.45, 7) is 6.18. The SMILES string of the molecule is CCCCN(Cc1ccc(-c2ccccc2-c2nn[nH]n2)cc1)c1ncccc1C. The largest absolute Gasteiger partial charge is 0.352 e. The summed E-state index contributed by atoms with van der Waals surface area (Å²) < 4.78 is 0. The summed E-state index contributed by atoms with van der Waals surface area (Å²) in [6.07, 6.45) is 4.18. The lowest BCUT2D eigenvalue weighted by atomic mass is 9.98. The molecule has 0 bridgehead atoms. The number of tetrazole rings is 1. The Morgan fingerprint density at radius 1 is 0.933 bits per heavy atom. The molecule has 0 saturated heterocycles. The molecule has 152 valence electrons. The molecule has 0 spiro atoms. The Bertz CT molecular complexity index is 1070. The van der Waals surface area contributed by atoms with Gasteiger partial charge in [0, 0.05) is 24.8 Å². The fraction of sp³-hybridized carbons (Fsp3) is 0.250. The molecule has 0 radical (unpaired) electrons. The average molecular weight is 399 g/mol. The molecule has 2 heterocycles. The van der Waals surface area contributed by atoms with Crippen LogP contribution in [0, 0.1) is 6.92 Å². The van der Waals surface area contributed by atoms with Gasteiger partial charge in [-0.3, -0.25) is 0 Å². The van der Waals surface area contributed by atoms with Gasteiger partial charge in [0.2, 0.25) is 5.82 Å². The number of aromatic amines is 1. The van der Waals surface area contributed by atoms with Crippen LogP contribution in [0.4, 0.5) is 5.82 Å². The van der Waals surface area contributed by atoms with E-state index in [-0.39, 0.29) is 0 Å². The highest BCUT2D eigenvalue weighted by molar-refractivity contribution is 5.80. The van der Waals surface area contributed by atoms with Crippen LogP contribution >= 0.6 is 0 Å². The lowest BCUT2D eigenvalue weighted by molar-refractivity contribution is 0.705. The summed E-state index contributed by atoms with van der Waals surface area (Å²) in [4.78, 5) is 7.01. The number of hydrogen-bond acceptors (Lipinski definition) is 5. The number of pyridine rings is 1. The van der Waals surface area contributed by atoms with E-state index in [0.29, 0.717) is 5.82 Å². The van der Waals surface area contributed by atoms with E-state index in [9.17, 15) is 0 Å². The van der Waals surface area contributed by atoms with Crippen molar-refractivity contribution in [1.82, 2.24) is 25.6 Å². The van der Waals surface area contributed by atoms with Gasteiger partial charge in [-0.2, -0.15) is 5.21 Å². The number of nitrogens with zero attached hydrogens (tertiary/aromatic N) is 5. The first kappa shape index (κ1) is 19.8. The van der Waals surface area contributed by atoms with Crippen LogP contribution in [-0.2, 0) is 6.54 Å². The molecule has 6 heteroatoms. The van der Waals surface area contributed by atoms with Gasteiger partial charge in [0.15, 0.2) is 0 Å². The van der Waals surface area contributed by atoms with E-state index >= 15 is 0 Å². The number of unbranched alkanes of at least 4 members (excludes halogenated alkanes) is 1. The predicted octanol–water partition coefficient (Wildman–Crippen LogP) is 5.04. The van der Waals surface area contributed by atoms with Gasteiger partial charge in [-0.15, -0.1) is 10.2 Å². The Kier molecular flexibility index (Phi) is 6.13. The number of aromatic nitrogens is 5. The Morgan fingerprint density at radius 3 is 2.43 bits per heavy atom. The molecule has 1 N–H and O–H groups in total. The van der Waals surface area contributed by atoms with Crippen LogP contribution < -0.4 is 4.90 Å². The fourth-order valence-corrected chi connectivity index (χ4v) is 3.63. The first-order chi connectivity index (χ1) is 14.8. The number of benzene rings is 2. The molecule has 2 aromatic carbocycles. The van der Waals surface area contributed by atoms with Crippen LogP contribution in [0.15, 0.2) is 66.9 Å². The zero-order chi connectivity index (χ0) is 20.8. The van der Waals surface area contributed by atoms with Gasteiger partial charge in [0.05, 0.1) is 0 Å². The number of nitrogens with one attached hydrogen (secondary N) is 1. The zero-order valence-electron chi connectivity index (χ0n) is 17.4. The molecule has 0 fully saturated rings. The Hall–Kier alpha value is -3.54. The van der Waals surface area contributed by atoms with Crippen LogP contribution in [-0.4, -0.2) is 32.2 Å². The molecule has 6 nitrogen and oxygen atoms in total. The molecule has 0 unspecified atom stereocenters. The summed E-state index contributed by atoms with van der Waals surface area (Å²) in [5.41, 5.74) is 5.66. The van der Waals surface area contributed by atoms with Gasteiger partial charge in [-0.25, -0.2) is 4.98 Å². The summed E-state index contributed by atoms with van der Waals surface area (Å²) in [5, 5.41) is 14.5. The van der Waals surface area contributed by atoms with Crippen molar-refractivity contribution in [3.05, 3.63) is 78.0 Å². The Balaban J connectivity index is 1.59. The molecule has 4 rings (SSSR count). The molecular formula is C24H26N6. The highest BCUT2D eigenvalue weighted by atomic mass is 15.5. The molecule has 2 aromatic heterocycles. The third-order valence-electron chi connectivity index (χ3n) is 5.21. The van der Waals surface area contributed by atoms with E-state index in [1.807, 2.05) is 30.5 Å². The second kappa shape index (κ2) is 9.31. The zero-order valence-corrected chi connectivity index (χ0v) is 17.4. The number of H-pyrrole nitrogens is 1. The first-order valence-electron chi connectivity index (χ1n) is 10.3. The van der Waals surface area contributed by atoms with Gasteiger partial charge in [-0.1, -0.05) is 67.9 Å². The van der Waals surface area contributed by atoms with E-state index in [1.165, 1.54) is 11.1 Å². The van der Waals surface area contributed by atoms with Crippen molar-refractivity contribution in [2.24, 2.45) is 0 Å². The highest BCUT2D eigenvalue weighted by Gasteiger charge is 2.13. The van der Waals surface area contributed by atoms with Gasteiger partial charge in [0.25, 0.3) is 0 Å². The molecule has 0 saturated carbocycles. The monoisotopic (exact) mass is 398 g/mol. The summed E-state index contributed by atoms with van der Waals surface area (Å²) >= 11 is 0. The van der Waals surface area contributed by atoms with E-state index < -0.39 is 0 Å². The summed E-state index contributed by atoms with van der Waals surface area (Å²) in [5.74, 6) is 1.67. The van der Waals surface area contributed by atoms with Gasteiger partial charge < -0.3 is 4.90 Å². The predicted molar refractivity (Wildman–Crippen MR) is 120 cm³/mol. The minimum atomic E-state index is 0.603. The molecule has 4 aromatic rings. The van der Waals surface area contributed by atoms with Crippen LogP contribution in [0.1, 0.15) is 30.9 Å². The highest BCUT2D eigenvalue weighted by Crippen LogP contribution is 2.30. The quantitative estimate of drug-likeness (QED) is 0.450. The van der Waals surface area contributed by atoms with E-state index in [4.69, 9.17) is 0 Å². The number of hydrogen-bond donors (Lipinski definition) is 1. The van der Waals surface area contributed by atoms with Crippen LogP contribution in [0.2, 0.25) is 0 Å². The van der Waals surface area contributed by atoms with Crippen LogP contribution in [0.3, 0.4) is 0 Å². The van der Waals surface area contributed by atoms with Crippen molar-refractivity contribution in [1.29, 1.82) is 0 Å². The molecule has 0 atom stereocenters. The van der Waals surface area contributed by atoms with Crippen molar-refractivity contribution < 1.29 is 0 Å². The number of anilines is 1. The molecule has 0 amide bonds. The van der Waals surface area contributed by atoms with Crippen LogP contribution in [0.25, 0.3) is 22.5 Å². The lowest BCUT2D eigenvalue weighted by Crippen LogP contribution is -2.25.